The smallest absolute Gasteiger partial charge is 0.264 e. The minimum atomic E-state index is -1.01. The Morgan fingerprint density at radius 2 is 1.00 bits per heavy atom. The van der Waals surface area contributed by atoms with Crippen molar-refractivity contribution in [2.24, 2.45) is 0 Å². The summed E-state index contributed by atoms with van der Waals surface area (Å²) in [5.74, 6) is -1.34. The van der Waals surface area contributed by atoms with Crippen molar-refractivity contribution in [1.82, 2.24) is 10.2 Å². The van der Waals surface area contributed by atoms with Crippen LogP contribution in [0.15, 0.2) is 48.5 Å². The number of hydrogen-bond donors (Lipinski definition) is 2. The molecule has 2 N–H and O–H groups in total. The molecule has 0 radical (unpaired) electrons. The number of hydrogen-bond acceptors (Lipinski definition) is 15. The first-order valence-electron chi connectivity index (χ1n) is 19.0. The van der Waals surface area contributed by atoms with Crippen molar-refractivity contribution in [3.8, 4) is 5.75 Å². The highest BCUT2D eigenvalue weighted by Crippen LogP contribution is 2.32. The van der Waals surface area contributed by atoms with E-state index in [1.165, 1.54) is 0 Å². The lowest BCUT2D eigenvalue weighted by molar-refractivity contribution is -0.136. The number of fused-ring (bicyclic) bond motifs is 1. The number of ether oxygens (including phenoxy) is 10. The van der Waals surface area contributed by atoms with Crippen molar-refractivity contribution in [3.05, 3.63) is 59.7 Å². The van der Waals surface area contributed by atoms with Crippen molar-refractivity contribution in [2.75, 3.05) is 137 Å². The van der Waals surface area contributed by atoms with E-state index in [2.05, 4.69) is 10.6 Å². The van der Waals surface area contributed by atoms with Crippen molar-refractivity contribution in [1.29, 1.82) is 0 Å². The van der Waals surface area contributed by atoms with Gasteiger partial charge in [-0.15, -0.1) is 0 Å². The highest BCUT2D eigenvalue weighted by atomic mass is 16.6. The van der Waals surface area contributed by atoms with Crippen LogP contribution in [-0.2, 0) is 52.2 Å². The molecule has 4 rings (SSSR count). The topological polar surface area (TPSA) is 188 Å². The van der Waals surface area contributed by atoms with Crippen LogP contribution in [0.2, 0.25) is 0 Å². The minimum Gasteiger partial charge on any atom is -0.491 e. The molecule has 4 amide bonds. The van der Waals surface area contributed by atoms with Gasteiger partial charge < -0.3 is 52.7 Å². The Kier molecular flexibility index (Phi) is 22.0. The number of nitrogens with zero attached hydrogens (tertiary/aromatic N) is 1. The molecule has 1 fully saturated rings. The molecule has 0 aliphatic carbocycles. The molecule has 2 aromatic carbocycles. The third kappa shape index (κ3) is 16.6. The van der Waals surface area contributed by atoms with Crippen LogP contribution < -0.4 is 15.4 Å². The zero-order chi connectivity index (χ0) is 39.5. The summed E-state index contributed by atoms with van der Waals surface area (Å²) in [7, 11) is 0. The molecule has 56 heavy (non-hydrogen) atoms. The maximum atomic E-state index is 13.2. The van der Waals surface area contributed by atoms with Crippen molar-refractivity contribution in [3.63, 3.8) is 0 Å². The number of anilines is 1. The van der Waals surface area contributed by atoms with Crippen LogP contribution in [0.25, 0.3) is 0 Å². The number of carbonyl (C=O) groups excluding carboxylic acids is 4. The normalized spacial score (nSPS) is 15.4. The van der Waals surface area contributed by atoms with Crippen LogP contribution in [0.3, 0.4) is 0 Å². The molecule has 310 valence electrons. The molecule has 0 bridgehead atoms. The van der Waals surface area contributed by atoms with E-state index in [9.17, 15) is 19.2 Å². The monoisotopic (exact) mass is 789 g/mol. The lowest BCUT2D eigenvalue weighted by Crippen LogP contribution is -2.54. The minimum absolute atomic E-state index is 0.0656. The molecule has 0 aromatic heterocycles. The van der Waals surface area contributed by atoms with Gasteiger partial charge in [-0.1, -0.05) is 24.3 Å². The lowest BCUT2D eigenvalue weighted by atomic mass is 10.0. The van der Waals surface area contributed by atoms with Gasteiger partial charge in [0.2, 0.25) is 11.8 Å². The van der Waals surface area contributed by atoms with Gasteiger partial charge in [0.1, 0.15) is 18.4 Å². The van der Waals surface area contributed by atoms with E-state index in [1.54, 1.807) is 18.2 Å². The molecular formula is C39H55N3O14. The number of piperidine rings is 1. The summed E-state index contributed by atoms with van der Waals surface area (Å²) in [5, 5.41) is 5.33. The maximum Gasteiger partial charge on any atom is 0.264 e. The van der Waals surface area contributed by atoms with Gasteiger partial charge in [0, 0.05) is 18.7 Å². The second-order valence-corrected chi connectivity index (χ2v) is 12.3. The Bertz CT molecular complexity index is 1450. The number of imide groups is 2. The van der Waals surface area contributed by atoms with Crippen LogP contribution in [0.5, 0.6) is 5.75 Å². The fourth-order valence-corrected chi connectivity index (χ4v) is 5.52. The van der Waals surface area contributed by atoms with E-state index in [-0.39, 0.29) is 24.0 Å². The summed E-state index contributed by atoms with van der Waals surface area (Å²) < 4.78 is 55.1. The van der Waals surface area contributed by atoms with Gasteiger partial charge >= 0.3 is 0 Å². The fourth-order valence-electron chi connectivity index (χ4n) is 5.52. The molecule has 2 aliphatic heterocycles. The number of carbonyl (C=O) groups is 4. The van der Waals surface area contributed by atoms with Gasteiger partial charge in [-0.2, -0.15) is 0 Å². The summed E-state index contributed by atoms with van der Waals surface area (Å²) in [4.78, 5) is 50.9. The maximum absolute atomic E-state index is 13.2. The van der Waals surface area contributed by atoms with Crippen molar-refractivity contribution >= 4 is 29.3 Å². The zero-order valence-corrected chi connectivity index (χ0v) is 31.9. The van der Waals surface area contributed by atoms with E-state index in [1.807, 2.05) is 30.3 Å². The lowest BCUT2D eigenvalue weighted by Gasteiger charge is -2.27. The van der Waals surface area contributed by atoms with Crippen molar-refractivity contribution in [2.45, 2.75) is 18.9 Å². The Hall–Kier alpha value is -4.04. The third-order valence-electron chi connectivity index (χ3n) is 8.25. The predicted molar refractivity (Wildman–Crippen MR) is 201 cm³/mol. The fraction of sp³-hybridized carbons (Fsp3) is 0.590. The van der Waals surface area contributed by atoms with E-state index in [4.69, 9.17) is 47.4 Å². The summed E-state index contributed by atoms with van der Waals surface area (Å²) in [6.07, 6.45) is 0.169. The first-order valence-corrected chi connectivity index (χ1v) is 19.0. The molecule has 1 atom stereocenters. The molecule has 1 saturated heterocycles. The molecule has 2 heterocycles. The average molecular weight is 790 g/mol. The van der Waals surface area contributed by atoms with Gasteiger partial charge in [0.05, 0.1) is 130 Å². The predicted octanol–water partition coefficient (Wildman–Crippen LogP) is 1.73. The second kappa shape index (κ2) is 27.5. The standard InChI is InChI=1S/C39H55N3O14/c43-35-10-9-34(37(44)41-35)42-38(45)32-7-4-8-33(36(32)39(42)46)40-11-12-47-13-14-48-15-16-49-17-18-50-19-20-51-21-22-52-23-24-53-25-26-54-27-28-55-29-30-56-31-5-2-1-3-6-31/h1-8,34,40H,9-30H2,(H,41,43,44). The average Bonchev–Trinajstić information content (AvgIpc) is 3.46. The van der Waals surface area contributed by atoms with E-state index in [0.29, 0.717) is 138 Å². The second-order valence-electron chi connectivity index (χ2n) is 12.3. The van der Waals surface area contributed by atoms with Crippen LogP contribution in [0.4, 0.5) is 5.69 Å². The summed E-state index contributed by atoms with van der Waals surface area (Å²) in [5.41, 5.74) is 0.907. The van der Waals surface area contributed by atoms with Gasteiger partial charge in [0.15, 0.2) is 0 Å². The summed E-state index contributed by atoms with van der Waals surface area (Å²) in [6, 6.07) is 13.5. The number of nitrogens with one attached hydrogen (secondary N) is 2. The molecule has 17 heteroatoms. The van der Waals surface area contributed by atoms with Crippen LogP contribution in [0.1, 0.15) is 33.6 Å². The largest absolute Gasteiger partial charge is 0.491 e. The van der Waals surface area contributed by atoms with Gasteiger partial charge in [0.25, 0.3) is 11.8 Å². The SMILES string of the molecule is O=C1CCC(N2C(=O)c3cccc(NCCOCCOCCOCCOCCOCCOCCOCCOCCOCCOc4ccccc4)c3C2=O)C(=O)N1. The first-order chi connectivity index (χ1) is 27.6. The van der Waals surface area contributed by atoms with Crippen molar-refractivity contribution < 1.29 is 66.5 Å². The van der Waals surface area contributed by atoms with Gasteiger partial charge in [-0.3, -0.25) is 29.4 Å². The number of benzene rings is 2. The molecule has 2 aliphatic rings. The van der Waals surface area contributed by atoms with Gasteiger partial charge in [-0.05, 0) is 30.7 Å². The Morgan fingerprint density at radius 1 is 0.536 bits per heavy atom. The van der Waals surface area contributed by atoms with Crippen LogP contribution in [-0.4, -0.2) is 167 Å². The van der Waals surface area contributed by atoms with Gasteiger partial charge in [-0.25, -0.2) is 0 Å². The molecule has 0 spiro atoms. The highest BCUT2D eigenvalue weighted by molar-refractivity contribution is 6.25. The Labute approximate surface area is 327 Å². The molecule has 0 saturated carbocycles. The zero-order valence-electron chi connectivity index (χ0n) is 31.9. The molecular weight excluding hydrogens is 734 g/mol. The van der Waals surface area contributed by atoms with E-state index >= 15 is 0 Å². The molecule has 2 aromatic rings. The molecule has 1 unspecified atom stereocenters. The summed E-state index contributed by atoms with van der Waals surface area (Å²) in [6.45, 7) is 9.10. The number of rotatable bonds is 33. The Morgan fingerprint density at radius 3 is 1.48 bits per heavy atom. The quantitative estimate of drug-likeness (QED) is 0.0786. The third-order valence-corrected chi connectivity index (χ3v) is 8.25. The van der Waals surface area contributed by atoms with Crippen LogP contribution in [0, 0.1) is 0 Å². The van der Waals surface area contributed by atoms with E-state index in [0.717, 1.165) is 10.6 Å². The number of para-hydroxylation sites is 1. The van der Waals surface area contributed by atoms with Crippen LogP contribution >= 0.6 is 0 Å². The van der Waals surface area contributed by atoms with E-state index < -0.39 is 29.7 Å². The highest BCUT2D eigenvalue weighted by Gasteiger charge is 2.45. The summed E-state index contributed by atoms with van der Waals surface area (Å²) >= 11 is 0. The molecule has 17 nitrogen and oxygen atoms in total. The Balaban J connectivity index is 0.837. The number of amides is 4. The first kappa shape index (κ1) is 44.7.